The molecule has 0 spiro atoms. The van der Waals surface area contributed by atoms with Crippen LogP contribution < -0.4 is 30.8 Å². The van der Waals surface area contributed by atoms with Crippen LogP contribution in [-0.2, 0) is 10.0 Å². The van der Waals surface area contributed by atoms with Crippen molar-refractivity contribution in [1.82, 2.24) is 19.6 Å². The van der Waals surface area contributed by atoms with E-state index in [0.717, 1.165) is 6.26 Å². The number of ether oxygens (including phenoxy) is 1. The monoisotopic (exact) mass is 627 g/mol. The van der Waals surface area contributed by atoms with Gasteiger partial charge < -0.3 is 21.2 Å². The summed E-state index contributed by atoms with van der Waals surface area (Å²) in [6, 6.07) is 12.2. The molecule has 0 fully saturated rings. The third-order valence-electron chi connectivity index (χ3n) is 6.19. The molecule has 1 amide bonds. The van der Waals surface area contributed by atoms with Crippen LogP contribution in [0.25, 0.3) is 11.1 Å². The molecule has 4 aromatic rings. The predicted molar refractivity (Wildman–Crippen MR) is 156 cm³/mol. The fraction of sp³-hybridized carbons (Fsp3) is 0.200. The fourth-order valence-corrected chi connectivity index (χ4v) is 5.50. The quantitative estimate of drug-likeness (QED) is 0.228. The van der Waals surface area contributed by atoms with Crippen LogP contribution in [0, 0.1) is 0 Å². The molecule has 5 N–H and O–H groups in total. The number of benzene rings is 1. The molecule has 1 unspecified atom stereocenters. The third-order valence-corrected chi connectivity index (χ3v) is 7.42. The van der Waals surface area contributed by atoms with E-state index in [2.05, 4.69) is 46.3 Å². The molecule has 15 heteroatoms. The number of amides is 1. The van der Waals surface area contributed by atoms with Gasteiger partial charge in [0.05, 0.1) is 29.4 Å². The number of aromatic nitrogens is 4. The second kappa shape index (κ2) is 10.7. The number of nitrogens with two attached hydrogens (primary N) is 1. The van der Waals surface area contributed by atoms with Crippen LogP contribution in [0.2, 0.25) is 0 Å². The molecule has 4 heterocycles. The van der Waals surface area contributed by atoms with Gasteiger partial charge in [0.15, 0.2) is 0 Å². The molecule has 0 aliphatic carbocycles. The molecular weight excluding hydrogens is 602 g/mol. The SMILES string of the molecule is COc1ncc(-c2c(N)ncnc2N[C@@H](C)C2Nn3ccc(Br)c3C(=O)N2c2ccccc2)cc1NS(C)(=O)=O. The van der Waals surface area contributed by atoms with Gasteiger partial charge in [-0.1, -0.05) is 18.2 Å². The first-order valence-corrected chi connectivity index (χ1v) is 14.7. The highest BCUT2D eigenvalue weighted by Gasteiger charge is 2.38. The molecule has 0 saturated heterocycles. The van der Waals surface area contributed by atoms with Crippen molar-refractivity contribution < 1.29 is 17.9 Å². The van der Waals surface area contributed by atoms with Crippen LogP contribution in [0.5, 0.6) is 5.88 Å². The van der Waals surface area contributed by atoms with Crippen LogP contribution in [0.4, 0.5) is 23.0 Å². The van der Waals surface area contributed by atoms with E-state index >= 15 is 0 Å². The highest BCUT2D eigenvalue weighted by atomic mass is 79.9. The van der Waals surface area contributed by atoms with Gasteiger partial charge in [0.1, 0.15) is 35.5 Å². The first-order valence-electron chi connectivity index (χ1n) is 12.0. The van der Waals surface area contributed by atoms with Gasteiger partial charge >= 0.3 is 0 Å². The predicted octanol–water partition coefficient (Wildman–Crippen LogP) is 3.10. The molecule has 3 aromatic heterocycles. The largest absolute Gasteiger partial charge is 0.480 e. The minimum Gasteiger partial charge on any atom is -0.480 e. The minimum absolute atomic E-state index is 0.0876. The van der Waals surface area contributed by atoms with Crippen molar-refractivity contribution in [2.45, 2.75) is 19.1 Å². The topological polar surface area (TPSA) is 169 Å². The molecule has 2 atom stereocenters. The van der Waals surface area contributed by atoms with Gasteiger partial charge in [0.25, 0.3) is 5.91 Å². The van der Waals surface area contributed by atoms with Gasteiger partial charge in [-0.05, 0) is 47.1 Å². The van der Waals surface area contributed by atoms with Crippen LogP contribution in [0.3, 0.4) is 0 Å². The minimum atomic E-state index is -3.62. The molecule has 0 radical (unpaired) electrons. The molecule has 13 nitrogen and oxygen atoms in total. The number of fused-ring (bicyclic) bond motifs is 1. The molecule has 0 bridgehead atoms. The molecule has 208 valence electrons. The number of nitrogens with one attached hydrogen (secondary N) is 3. The zero-order valence-corrected chi connectivity index (χ0v) is 24.1. The number of sulfonamides is 1. The van der Waals surface area contributed by atoms with Crippen molar-refractivity contribution in [3.05, 3.63) is 71.4 Å². The van der Waals surface area contributed by atoms with Gasteiger partial charge in [-0.25, -0.2) is 23.4 Å². The summed E-state index contributed by atoms with van der Waals surface area (Å²) in [5, 5.41) is 3.36. The number of pyridine rings is 1. The molecule has 1 aliphatic heterocycles. The number of halogens is 1. The molecular formula is C25H26BrN9O4S. The van der Waals surface area contributed by atoms with Crippen molar-refractivity contribution >= 4 is 54.9 Å². The smallest absolute Gasteiger partial charge is 0.279 e. The maximum Gasteiger partial charge on any atom is 0.279 e. The lowest BCUT2D eigenvalue weighted by Crippen LogP contribution is -2.59. The van der Waals surface area contributed by atoms with Crippen molar-refractivity contribution in [2.75, 3.05) is 39.5 Å². The summed E-state index contributed by atoms with van der Waals surface area (Å²) in [4.78, 5) is 28.2. The number of nitrogen functional groups attached to an aromatic ring is 1. The molecule has 0 saturated carbocycles. The van der Waals surface area contributed by atoms with E-state index in [1.807, 2.05) is 37.3 Å². The van der Waals surface area contributed by atoms with E-state index in [9.17, 15) is 13.2 Å². The number of hydrogen-bond acceptors (Lipinski definition) is 10. The lowest BCUT2D eigenvalue weighted by Gasteiger charge is -2.41. The van der Waals surface area contributed by atoms with Crippen molar-refractivity contribution in [2.24, 2.45) is 0 Å². The molecule has 1 aliphatic rings. The van der Waals surface area contributed by atoms with E-state index in [0.29, 0.717) is 32.8 Å². The Labute approximate surface area is 238 Å². The van der Waals surface area contributed by atoms with Gasteiger partial charge in [0, 0.05) is 23.6 Å². The highest BCUT2D eigenvalue weighted by molar-refractivity contribution is 9.10. The lowest BCUT2D eigenvalue weighted by molar-refractivity contribution is 0.0954. The van der Waals surface area contributed by atoms with E-state index in [1.165, 1.54) is 19.6 Å². The zero-order chi connectivity index (χ0) is 28.6. The number of carbonyl (C=O) groups is 1. The van der Waals surface area contributed by atoms with Crippen LogP contribution in [0.15, 0.2) is 65.7 Å². The zero-order valence-electron chi connectivity index (χ0n) is 21.7. The van der Waals surface area contributed by atoms with E-state index in [-0.39, 0.29) is 23.3 Å². The van der Waals surface area contributed by atoms with E-state index in [4.69, 9.17) is 10.5 Å². The lowest BCUT2D eigenvalue weighted by atomic mass is 10.1. The average Bonchev–Trinajstić information content (AvgIpc) is 3.29. The first kappa shape index (κ1) is 27.2. The first-order chi connectivity index (χ1) is 19.1. The van der Waals surface area contributed by atoms with Gasteiger partial charge in [-0.3, -0.25) is 19.1 Å². The van der Waals surface area contributed by atoms with E-state index in [1.54, 1.807) is 27.9 Å². The van der Waals surface area contributed by atoms with Gasteiger partial charge in [-0.2, -0.15) is 0 Å². The Morgan fingerprint density at radius 3 is 2.62 bits per heavy atom. The summed E-state index contributed by atoms with van der Waals surface area (Å²) in [5.41, 5.74) is 11.8. The Hall–Kier alpha value is -4.37. The maximum absolute atomic E-state index is 13.7. The van der Waals surface area contributed by atoms with Gasteiger partial charge in [0.2, 0.25) is 15.9 Å². The van der Waals surface area contributed by atoms with Crippen molar-refractivity contribution in [1.29, 1.82) is 0 Å². The number of rotatable bonds is 8. The van der Waals surface area contributed by atoms with Crippen molar-refractivity contribution in [3.63, 3.8) is 0 Å². The van der Waals surface area contributed by atoms with Crippen LogP contribution in [-0.4, -0.2) is 59.5 Å². The van der Waals surface area contributed by atoms with E-state index < -0.39 is 22.2 Å². The normalized spacial score (nSPS) is 15.7. The second-order valence-corrected chi connectivity index (χ2v) is 11.6. The summed E-state index contributed by atoms with van der Waals surface area (Å²) in [5.74, 6) is 0.397. The molecule has 40 heavy (non-hydrogen) atoms. The highest BCUT2D eigenvalue weighted by Crippen LogP contribution is 2.36. The molecule has 1 aromatic carbocycles. The summed E-state index contributed by atoms with van der Waals surface area (Å²) in [6.45, 7) is 1.90. The van der Waals surface area contributed by atoms with Crippen LogP contribution >= 0.6 is 15.9 Å². The Morgan fingerprint density at radius 2 is 1.93 bits per heavy atom. The molecule has 5 rings (SSSR count). The van der Waals surface area contributed by atoms with Crippen LogP contribution in [0.1, 0.15) is 17.4 Å². The number of carbonyl (C=O) groups excluding carboxylic acids is 1. The fourth-order valence-electron chi connectivity index (χ4n) is 4.48. The van der Waals surface area contributed by atoms with Crippen molar-refractivity contribution in [3.8, 4) is 17.0 Å². The summed E-state index contributed by atoms with van der Waals surface area (Å²) in [7, 11) is -2.24. The third kappa shape index (κ3) is 5.24. The average molecular weight is 629 g/mol. The Morgan fingerprint density at radius 1 is 1.18 bits per heavy atom. The number of para-hydroxylation sites is 1. The summed E-state index contributed by atoms with van der Waals surface area (Å²) in [6.07, 6.45) is 5.05. The Balaban J connectivity index is 1.54. The Kier molecular flexibility index (Phi) is 7.25. The number of methoxy groups -OCH3 is 1. The standard InChI is InChI=1S/C25H26BrN9O4S/c1-14(23-32-34-10-9-17(26)20(34)25(36)35(23)16-7-5-4-6-8-16)31-22-19(21(27)29-13-30-22)15-11-18(33-40(3,37)38)24(39-2)28-12-15/h4-14,23,32-33H,1-3H3,(H3,27,29,30,31)/t14-,23?/m0/s1. The number of hydrogen-bond donors (Lipinski definition) is 4. The maximum atomic E-state index is 13.7. The second-order valence-electron chi connectivity index (χ2n) is 9.04. The summed E-state index contributed by atoms with van der Waals surface area (Å²) >= 11 is 3.47. The number of anilines is 4. The van der Waals surface area contributed by atoms with Gasteiger partial charge in [-0.15, -0.1) is 0 Å². The summed E-state index contributed by atoms with van der Waals surface area (Å²) < 4.78 is 33.8. The number of nitrogens with zero attached hydrogens (tertiary/aromatic N) is 5. The Bertz CT molecular complexity index is 1680.